The van der Waals surface area contributed by atoms with E-state index >= 15 is 0 Å². The van der Waals surface area contributed by atoms with Crippen molar-refractivity contribution in [2.45, 2.75) is 26.9 Å². The van der Waals surface area contributed by atoms with E-state index < -0.39 is 5.69 Å². The number of nitrogens with one attached hydrogen (secondary N) is 1. The number of benzene rings is 1. The summed E-state index contributed by atoms with van der Waals surface area (Å²) in [4.78, 5) is 11.9. The number of hydrogen-bond acceptors (Lipinski definition) is 5. The summed E-state index contributed by atoms with van der Waals surface area (Å²) in [5.74, 6) is 1.37. The molecule has 0 amide bonds. The van der Waals surface area contributed by atoms with Gasteiger partial charge in [-0.05, 0) is 35.4 Å². The van der Waals surface area contributed by atoms with Crippen LogP contribution in [0.4, 0.5) is 0 Å². The van der Waals surface area contributed by atoms with E-state index in [0.717, 1.165) is 29.0 Å². The molecular weight excluding hydrogens is 296 g/mol. The van der Waals surface area contributed by atoms with Crippen molar-refractivity contribution in [3.63, 3.8) is 0 Å². The molecule has 1 N–H and O–H groups in total. The van der Waals surface area contributed by atoms with Crippen molar-refractivity contribution >= 4 is 0 Å². The number of rotatable bonds is 5. The van der Waals surface area contributed by atoms with Crippen LogP contribution in [-0.4, -0.2) is 30.0 Å². The van der Waals surface area contributed by atoms with E-state index in [1.807, 2.05) is 38.1 Å². The van der Waals surface area contributed by atoms with Crippen LogP contribution >= 0.6 is 0 Å². The molecule has 0 aliphatic heterocycles. The third-order valence-corrected chi connectivity index (χ3v) is 3.67. The maximum Gasteiger partial charge on any atom is 0.367 e. The third kappa shape index (κ3) is 2.75. The molecule has 120 valence electrons. The molecule has 0 aliphatic carbocycles. The minimum atomic E-state index is -0.409. The molecule has 2 heterocycles. The Bertz CT molecular complexity index is 876. The van der Waals surface area contributed by atoms with Crippen molar-refractivity contribution in [1.82, 2.24) is 30.0 Å². The van der Waals surface area contributed by atoms with Crippen molar-refractivity contribution < 1.29 is 4.74 Å². The number of hydrogen-bond donors (Lipinski definition) is 1. The highest BCUT2D eigenvalue weighted by Crippen LogP contribution is 2.22. The lowest BCUT2D eigenvalue weighted by Gasteiger charge is -2.10. The third-order valence-electron chi connectivity index (χ3n) is 3.67. The van der Waals surface area contributed by atoms with Crippen LogP contribution in [0.15, 0.2) is 29.1 Å². The van der Waals surface area contributed by atoms with Crippen LogP contribution in [0.3, 0.4) is 0 Å². The fraction of sp³-hybridized carbons (Fsp3) is 0.333. The Kier molecular flexibility index (Phi) is 3.96. The van der Waals surface area contributed by atoms with Crippen molar-refractivity contribution in [3.8, 4) is 11.6 Å². The van der Waals surface area contributed by atoms with Gasteiger partial charge in [-0.25, -0.2) is 9.89 Å². The summed E-state index contributed by atoms with van der Waals surface area (Å²) in [6, 6.07) is 7.79. The van der Waals surface area contributed by atoms with E-state index in [1.165, 1.54) is 4.68 Å². The highest BCUT2D eigenvalue weighted by molar-refractivity contribution is 5.38. The number of aryl methyl sites for hydroxylation is 3. The van der Waals surface area contributed by atoms with Crippen LogP contribution < -0.4 is 10.4 Å². The number of aromatic amines is 1. The fourth-order valence-corrected chi connectivity index (χ4v) is 2.51. The van der Waals surface area contributed by atoms with Crippen molar-refractivity contribution in [2.24, 2.45) is 7.05 Å². The highest BCUT2D eigenvalue weighted by atomic mass is 16.5. The molecule has 3 rings (SSSR count). The Hall–Kier alpha value is -2.90. The molecule has 8 nitrogen and oxygen atoms in total. The van der Waals surface area contributed by atoms with Crippen LogP contribution in [0.5, 0.6) is 5.75 Å². The molecule has 0 fully saturated rings. The average Bonchev–Trinajstić information content (AvgIpc) is 3.09. The van der Waals surface area contributed by atoms with Gasteiger partial charge in [0.15, 0.2) is 5.82 Å². The monoisotopic (exact) mass is 314 g/mol. The summed E-state index contributed by atoms with van der Waals surface area (Å²) in [5, 5.41) is 14.1. The molecule has 0 unspecified atom stereocenters. The maximum atomic E-state index is 11.9. The van der Waals surface area contributed by atoms with Gasteiger partial charge in [0.05, 0.1) is 11.3 Å². The van der Waals surface area contributed by atoms with E-state index in [-0.39, 0.29) is 0 Å². The quantitative estimate of drug-likeness (QED) is 0.762. The smallest absolute Gasteiger partial charge is 0.367 e. The zero-order valence-electron chi connectivity index (χ0n) is 13.3. The van der Waals surface area contributed by atoms with Crippen molar-refractivity contribution in [1.29, 1.82) is 0 Å². The number of tetrazole rings is 1. The fourth-order valence-electron chi connectivity index (χ4n) is 2.51. The van der Waals surface area contributed by atoms with E-state index in [9.17, 15) is 4.79 Å². The molecule has 0 atom stereocenters. The first-order valence-corrected chi connectivity index (χ1v) is 7.35. The van der Waals surface area contributed by atoms with Gasteiger partial charge in [0, 0.05) is 7.05 Å². The van der Waals surface area contributed by atoms with Crippen LogP contribution in [0.2, 0.25) is 0 Å². The molecule has 0 spiro atoms. The second-order valence-corrected chi connectivity index (χ2v) is 5.20. The molecule has 0 saturated heterocycles. The largest absolute Gasteiger partial charge is 0.488 e. The topological polar surface area (TPSA) is 90.6 Å². The Labute approximate surface area is 132 Å². The molecule has 23 heavy (non-hydrogen) atoms. The number of aromatic nitrogens is 6. The Morgan fingerprint density at radius 2 is 2.09 bits per heavy atom. The first-order chi connectivity index (χ1) is 11.1. The van der Waals surface area contributed by atoms with E-state index in [4.69, 9.17) is 4.74 Å². The second-order valence-electron chi connectivity index (χ2n) is 5.20. The van der Waals surface area contributed by atoms with Crippen LogP contribution in [0, 0.1) is 6.92 Å². The Morgan fingerprint density at radius 3 is 2.74 bits per heavy atom. The summed E-state index contributed by atoms with van der Waals surface area (Å²) in [6.45, 7) is 4.30. The summed E-state index contributed by atoms with van der Waals surface area (Å²) < 4.78 is 8.75. The van der Waals surface area contributed by atoms with Gasteiger partial charge in [-0.1, -0.05) is 25.1 Å². The van der Waals surface area contributed by atoms with E-state index in [2.05, 4.69) is 20.6 Å². The Morgan fingerprint density at radius 1 is 1.30 bits per heavy atom. The van der Waals surface area contributed by atoms with Gasteiger partial charge < -0.3 is 4.74 Å². The second kappa shape index (κ2) is 6.07. The van der Waals surface area contributed by atoms with Gasteiger partial charge in [0.2, 0.25) is 0 Å². The molecule has 0 bridgehead atoms. The Balaban J connectivity index is 2.00. The lowest BCUT2D eigenvalue weighted by atomic mass is 10.2. The van der Waals surface area contributed by atoms with E-state index in [1.54, 1.807) is 11.7 Å². The highest BCUT2D eigenvalue weighted by Gasteiger charge is 2.20. The molecule has 0 saturated carbocycles. The van der Waals surface area contributed by atoms with Crippen molar-refractivity contribution in [3.05, 3.63) is 51.6 Å². The van der Waals surface area contributed by atoms with Gasteiger partial charge >= 0.3 is 5.69 Å². The summed E-state index contributed by atoms with van der Waals surface area (Å²) >= 11 is 0. The van der Waals surface area contributed by atoms with Gasteiger partial charge in [0.25, 0.3) is 0 Å². The normalized spacial score (nSPS) is 10.9. The first-order valence-electron chi connectivity index (χ1n) is 7.35. The zero-order valence-corrected chi connectivity index (χ0v) is 13.3. The summed E-state index contributed by atoms with van der Waals surface area (Å²) in [6.07, 6.45) is 0.729. The van der Waals surface area contributed by atoms with Gasteiger partial charge in [0.1, 0.15) is 12.4 Å². The van der Waals surface area contributed by atoms with Gasteiger partial charge in [-0.15, -0.1) is 4.68 Å². The predicted octanol–water partition coefficient (Wildman–Crippen LogP) is 1.14. The lowest BCUT2D eigenvalue weighted by Crippen LogP contribution is -2.20. The van der Waals surface area contributed by atoms with E-state index in [0.29, 0.717) is 12.4 Å². The molecule has 0 radical (unpaired) electrons. The molecule has 1 aromatic carbocycles. The van der Waals surface area contributed by atoms with Crippen LogP contribution in [-0.2, 0) is 20.1 Å². The number of H-pyrrole nitrogens is 1. The SMILES string of the molecule is CCc1nn(C)c(-n2nn[nH]c2=O)c1COc1ccccc1C. The maximum absolute atomic E-state index is 11.9. The summed E-state index contributed by atoms with van der Waals surface area (Å²) in [5.41, 5.74) is 2.34. The molecule has 0 aliphatic rings. The average molecular weight is 314 g/mol. The van der Waals surface area contributed by atoms with Gasteiger partial charge in [-0.3, -0.25) is 4.68 Å². The van der Waals surface area contributed by atoms with Gasteiger partial charge in [-0.2, -0.15) is 5.10 Å². The minimum absolute atomic E-state index is 0.302. The first kappa shape index (κ1) is 15.0. The van der Waals surface area contributed by atoms with Crippen molar-refractivity contribution in [2.75, 3.05) is 0 Å². The minimum Gasteiger partial charge on any atom is -0.488 e. The lowest BCUT2D eigenvalue weighted by molar-refractivity contribution is 0.302. The molecular formula is C15H18N6O2. The standard InChI is InChI=1S/C15H18N6O2/c1-4-12-11(9-23-13-8-6-5-7-10(13)2)14(20(3)17-12)21-15(22)16-18-19-21/h5-8H,4,9H2,1-3H3,(H,16,19,22). The molecule has 8 heteroatoms. The molecule has 2 aromatic heterocycles. The number of nitrogens with zero attached hydrogens (tertiary/aromatic N) is 5. The predicted molar refractivity (Wildman–Crippen MR) is 83.6 cm³/mol. The van der Waals surface area contributed by atoms with Crippen LogP contribution in [0.25, 0.3) is 5.82 Å². The number of ether oxygens (including phenoxy) is 1. The number of para-hydroxylation sites is 1. The summed E-state index contributed by atoms with van der Waals surface area (Å²) in [7, 11) is 1.77. The zero-order chi connectivity index (χ0) is 16.4. The van der Waals surface area contributed by atoms with Crippen LogP contribution in [0.1, 0.15) is 23.7 Å². The molecule has 3 aromatic rings.